The maximum Gasteiger partial charge on any atom is 0.303 e. The van der Waals surface area contributed by atoms with E-state index in [2.05, 4.69) is 66.5 Å². The van der Waals surface area contributed by atoms with E-state index in [1.54, 1.807) is 0 Å². The summed E-state index contributed by atoms with van der Waals surface area (Å²) in [7, 11) is 0. The van der Waals surface area contributed by atoms with E-state index in [0.717, 1.165) is 36.9 Å². The number of para-hydroxylation sites is 1. The van der Waals surface area contributed by atoms with E-state index >= 15 is 0 Å². The first-order valence-electron chi connectivity index (χ1n) is 11.1. The number of carboxylic acid groups (broad SMARTS) is 1. The Morgan fingerprint density at radius 3 is 2.13 bits per heavy atom. The molecule has 0 atom stereocenters. The first kappa shape index (κ1) is 21.0. The van der Waals surface area contributed by atoms with Crippen molar-refractivity contribution in [1.29, 1.82) is 0 Å². The van der Waals surface area contributed by atoms with E-state index in [0.29, 0.717) is 18.3 Å². The van der Waals surface area contributed by atoms with Gasteiger partial charge in [0.05, 0.1) is 5.69 Å². The summed E-state index contributed by atoms with van der Waals surface area (Å²) in [4.78, 5) is 15.5. The number of hydrogen-bond donors (Lipinski definition) is 1. The number of aryl methyl sites for hydroxylation is 1. The summed E-state index contributed by atoms with van der Waals surface area (Å²) in [5.74, 6) is 0.236. The molecule has 3 aromatic rings. The highest BCUT2D eigenvalue weighted by atomic mass is 16.4. The standard InChI is InChI=1S/C28H29NO2/c1-20-4-2-3-5-27(20)29-19-22-8-12-24(13-9-22)26-16-14-25(15-17-26)23-10-6-21(7-11-23)18-28(30)31/h2-5,8-9,12-17,19,21,23H,6-7,10-11,18H2,1H3,(H,30,31). The van der Waals surface area contributed by atoms with Crippen molar-refractivity contribution < 1.29 is 9.90 Å². The lowest BCUT2D eigenvalue weighted by atomic mass is 9.77. The normalized spacial score (nSPS) is 18.9. The second kappa shape index (κ2) is 9.74. The second-order valence-electron chi connectivity index (χ2n) is 8.60. The molecule has 1 fully saturated rings. The molecule has 0 unspecified atom stereocenters. The molecule has 0 amide bonds. The molecule has 0 bridgehead atoms. The van der Waals surface area contributed by atoms with Gasteiger partial charge in [0.2, 0.25) is 0 Å². The van der Waals surface area contributed by atoms with Crippen molar-refractivity contribution in [3.63, 3.8) is 0 Å². The number of hydrogen-bond acceptors (Lipinski definition) is 2. The van der Waals surface area contributed by atoms with Gasteiger partial charge < -0.3 is 5.11 Å². The van der Waals surface area contributed by atoms with Crippen LogP contribution < -0.4 is 0 Å². The van der Waals surface area contributed by atoms with Crippen molar-refractivity contribution in [2.24, 2.45) is 10.9 Å². The van der Waals surface area contributed by atoms with E-state index in [-0.39, 0.29) is 0 Å². The number of aliphatic imine (C=N–C) groups is 1. The first-order valence-corrected chi connectivity index (χ1v) is 11.1. The molecule has 1 N–H and O–H groups in total. The van der Waals surface area contributed by atoms with Gasteiger partial charge in [-0.15, -0.1) is 0 Å². The van der Waals surface area contributed by atoms with Gasteiger partial charge in [-0.3, -0.25) is 9.79 Å². The van der Waals surface area contributed by atoms with Gasteiger partial charge in [0.25, 0.3) is 0 Å². The van der Waals surface area contributed by atoms with Gasteiger partial charge in [-0.1, -0.05) is 66.7 Å². The van der Waals surface area contributed by atoms with Gasteiger partial charge in [0.15, 0.2) is 0 Å². The molecule has 1 saturated carbocycles. The zero-order valence-electron chi connectivity index (χ0n) is 18.0. The molecule has 3 aromatic carbocycles. The first-order chi connectivity index (χ1) is 15.1. The Bertz CT molecular complexity index is 1040. The summed E-state index contributed by atoms with van der Waals surface area (Å²) in [6, 6.07) is 25.5. The topological polar surface area (TPSA) is 49.7 Å². The van der Waals surface area contributed by atoms with Crippen molar-refractivity contribution in [2.45, 2.75) is 44.9 Å². The molecule has 31 heavy (non-hydrogen) atoms. The molecule has 0 saturated heterocycles. The molecule has 0 heterocycles. The Balaban J connectivity index is 1.38. The molecule has 158 valence electrons. The summed E-state index contributed by atoms with van der Waals surface area (Å²) in [6.07, 6.45) is 6.44. The summed E-state index contributed by atoms with van der Waals surface area (Å²) < 4.78 is 0. The van der Waals surface area contributed by atoms with E-state index in [1.807, 2.05) is 24.4 Å². The molecule has 4 rings (SSSR count). The van der Waals surface area contributed by atoms with Crippen LogP contribution in [0.1, 0.15) is 54.7 Å². The highest BCUT2D eigenvalue weighted by molar-refractivity contribution is 5.83. The maximum absolute atomic E-state index is 10.9. The van der Waals surface area contributed by atoms with E-state index in [9.17, 15) is 4.79 Å². The monoisotopic (exact) mass is 411 g/mol. The van der Waals surface area contributed by atoms with Gasteiger partial charge in [-0.25, -0.2) is 0 Å². The van der Waals surface area contributed by atoms with Crippen LogP contribution in [0.4, 0.5) is 5.69 Å². The predicted octanol–water partition coefficient (Wildman–Crippen LogP) is 7.16. The molecule has 3 nitrogen and oxygen atoms in total. The number of nitrogens with zero attached hydrogens (tertiary/aromatic N) is 1. The predicted molar refractivity (Wildman–Crippen MR) is 127 cm³/mol. The summed E-state index contributed by atoms with van der Waals surface area (Å²) >= 11 is 0. The molecule has 1 aliphatic rings. The smallest absolute Gasteiger partial charge is 0.303 e. The van der Waals surface area contributed by atoms with Gasteiger partial charge in [0.1, 0.15) is 0 Å². The number of carbonyl (C=O) groups is 1. The molecule has 1 aliphatic carbocycles. The Hall–Kier alpha value is -3.20. The summed E-state index contributed by atoms with van der Waals surface area (Å²) in [6.45, 7) is 2.07. The zero-order valence-corrected chi connectivity index (χ0v) is 18.0. The fraction of sp³-hybridized carbons (Fsp3) is 0.286. The van der Waals surface area contributed by atoms with Crippen LogP contribution in [0.3, 0.4) is 0 Å². The molecule has 3 heteroatoms. The van der Waals surface area contributed by atoms with Crippen molar-refractivity contribution in [3.8, 4) is 11.1 Å². The van der Waals surface area contributed by atoms with Crippen LogP contribution >= 0.6 is 0 Å². The highest BCUT2D eigenvalue weighted by Gasteiger charge is 2.23. The van der Waals surface area contributed by atoms with Crippen molar-refractivity contribution in [2.75, 3.05) is 0 Å². The van der Waals surface area contributed by atoms with Crippen LogP contribution in [-0.4, -0.2) is 17.3 Å². The van der Waals surface area contributed by atoms with Gasteiger partial charge in [-0.05, 0) is 78.3 Å². The Labute approximate surface area is 184 Å². The van der Waals surface area contributed by atoms with Crippen LogP contribution in [0.15, 0.2) is 77.8 Å². The molecular weight excluding hydrogens is 382 g/mol. The molecule has 0 radical (unpaired) electrons. The van der Waals surface area contributed by atoms with Crippen LogP contribution in [0, 0.1) is 12.8 Å². The zero-order chi connectivity index (χ0) is 21.6. The van der Waals surface area contributed by atoms with Gasteiger partial charge in [0, 0.05) is 12.6 Å². The minimum Gasteiger partial charge on any atom is -0.481 e. The van der Waals surface area contributed by atoms with Crippen LogP contribution in [0.25, 0.3) is 11.1 Å². The molecule has 0 spiro atoms. The average molecular weight is 412 g/mol. The Morgan fingerprint density at radius 2 is 1.52 bits per heavy atom. The van der Waals surface area contributed by atoms with Crippen LogP contribution in [0.5, 0.6) is 0 Å². The van der Waals surface area contributed by atoms with Gasteiger partial charge in [-0.2, -0.15) is 0 Å². The number of rotatable bonds is 6. The lowest BCUT2D eigenvalue weighted by Crippen LogP contribution is -2.16. The average Bonchev–Trinajstić information content (AvgIpc) is 2.79. The van der Waals surface area contributed by atoms with Crippen LogP contribution in [0.2, 0.25) is 0 Å². The molecular formula is C28H29NO2. The largest absolute Gasteiger partial charge is 0.481 e. The Morgan fingerprint density at radius 1 is 0.903 bits per heavy atom. The minimum absolute atomic E-state index is 0.317. The van der Waals surface area contributed by atoms with Crippen molar-refractivity contribution >= 4 is 17.9 Å². The van der Waals surface area contributed by atoms with Crippen LogP contribution in [-0.2, 0) is 4.79 Å². The van der Waals surface area contributed by atoms with E-state index in [1.165, 1.54) is 22.3 Å². The lowest BCUT2D eigenvalue weighted by Gasteiger charge is -2.28. The fourth-order valence-corrected chi connectivity index (χ4v) is 4.51. The third-order valence-corrected chi connectivity index (χ3v) is 6.40. The minimum atomic E-state index is -0.666. The maximum atomic E-state index is 10.9. The van der Waals surface area contributed by atoms with E-state index < -0.39 is 5.97 Å². The quantitative estimate of drug-likeness (QED) is 0.437. The molecule has 0 aliphatic heterocycles. The highest BCUT2D eigenvalue weighted by Crippen LogP contribution is 2.37. The third-order valence-electron chi connectivity index (χ3n) is 6.40. The Kier molecular flexibility index (Phi) is 6.61. The van der Waals surface area contributed by atoms with Crippen molar-refractivity contribution in [3.05, 3.63) is 89.5 Å². The number of aliphatic carboxylic acids is 1. The number of benzene rings is 3. The SMILES string of the molecule is Cc1ccccc1N=Cc1ccc(-c2ccc(C3CCC(CC(=O)O)CC3)cc2)cc1. The number of carboxylic acids is 1. The summed E-state index contributed by atoms with van der Waals surface area (Å²) in [5.41, 5.74) is 7.04. The summed E-state index contributed by atoms with van der Waals surface area (Å²) in [5, 5.41) is 8.99. The second-order valence-corrected chi connectivity index (χ2v) is 8.60. The third kappa shape index (κ3) is 5.49. The molecule has 0 aromatic heterocycles. The van der Waals surface area contributed by atoms with E-state index in [4.69, 9.17) is 5.11 Å². The lowest BCUT2D eigenvalue weighted by molar-refractivity contribution is -0.138. The van der Waals surface area contributed by atoms with Gasteiger partial charge >= 0.3 is 5.97 Å². The fourth-order valence-electron chi connectivity index (χ4n) is 4.51. The van der Waals surface area contributed by atoms with Crippen molar-refractivity contribution in [1.82, 2.24) is 0 Å².